The molecule has 0 aromatic carbocycles. The van der Waals surface area contributed by atoms with Gasteiger partial charge in [0.05, 0.1) is 5.69 Å². The van der Waals surface area contributed by atoms with Crippen molar-refractivity contribution in [3.05, 3.63) is 23.0 Å². The quantitative estimate of drug-likeness (QED) is 0.748. The third-order valence-electron chi connectivity index (χ3n) is 2.45. The number of rotatable bonds is 3. The van der Waals surface area contributed by atoms with Crippen LogP contribution in [0.5, 0.6) is 0 Å². The molecule has 0 bridgehead atoms. The van der Waals surface area contributed by atoms with E-state index in [2.05, 4.69) is 22.5 Å². The topological polar surface area (TPSA) is 37.0 Å². The Morgan fingerprint density at radius 3 is 3.29 bits per heavy atom. The van der Waals surface area contributed by atoms with Crippen LogP contribution in [-0.2, 0) is 6.42 Å². The third kappa shape index (κ3) is 1.83. The Morgan fingerprint density at radius 1 is 1.71 bits per heavy atom. The van der Waals surface area contributed by atoms with Gasteiger partial charge in [-0.05, 0) is 24.6 Å². The van der Waals surface area contributed by atoms with Crippen molar-refractivity contribution in [3.8, 4) is 0 Å². The van der Waals surface area contributed by atoms with Crippen LogP contribution in [-0.4, -0.2) is 24.1 Å². The minimum absolute atomic E-state index is 0.451. The number of nitrogens with zero attached hydrogens (tertiary/aromatic N) is 1. The predicted molar refractivity (Wildman–Crippen MR) is 58.9 cm³/mol. The minimum Gasteiger partial charge on any atom is -0.378 e. The van der Waals surface area contributed by atoms with Gasteiger partial charge in [0.25, 0.3) is 0 Å². The smallest absolute Gasteiger partial charge is 0.152 e. The van der Waals surface area contributed by atoms with Crippen molar-refractivity contribution in [2.24, 2.45) is 0 Å². The SMILES string of the molecule is CCNCC1Cc2ccnc(Cl)c2N1. The highest BCUT2D eigenvalue weighted by Gasteiger charge is 2.22. The molecule has 0 radical (unpaired) electrons. The van der Waals surface area contributed by atoms with Crippen molar-refractivity contribution in [2.45, 2.75) is 19.4 Å². The van der Waals surface area contributed by atoms with Crippen molar-refractivity contribution in [2.75, 3.05) is 18.4 Å². The second-order valence-electron chi connectivity index (χ2n) is 3.49. The summed E-state index contributed by atoms with van der Waals surface area (Å²) in [6, 6.07) is 2.48. The molecule has 0 amide bonds. The lowest BCUT2D eigenvalue weighted by Crippen LogP contribution is -2.31. The minimum atomic E-state index is 0.451. The van der Waals surface area contributed by atoms with Gasteiger partial charge in [0.15, 0.2) is 5.15 Å². The number of hydrogen-bond donors (Lipinski definition) is 2. The molecule has 0 saturated heterocycles. The van der Waals surface area contributed by atoms with Crippen LogP contribution in [0.25, 0.3) is 0 Å². The highest BCUT2D eigenvalue weighted by atomic mass is 35.5. The van der Waals surface area contributed by atoms with Crippen LogP contribution in [0.2, 0.25) is 5.15 Å². The Balaban J connectivity index is 2.06. The zero-order chi connectivity index (χ0) is 9.97. The number of pyridine rings is 1. The fraction of sp³-hybridized carbons (Fsp3) is 0.500. The summed E-state index contributed by atoms with van der Waals surface area (Å²) >= 11 is 5.97. The van der Waals surface area contributed by atoms with Crippen LogP contribution in [0.4, 0.5) is 5.69 Å². The number of likely N-dealkylation sites (N-methyl/N-ethyl adjacent to an activating group) is 1. The fourth-order valence-corrected chi connectivity index (χ4v) is 1.99. The number of hydrogen-bond acceptors (Lipinski definition) is 3. The molecule has 3 nitrogen and oxygen atoms in total. The van der Waals surface area contributed by atoms with E-state index in [1.165, 1.54) is 5.56 Å². The van der Waals surface area contributed by atoms with Gasteiger partial charge in [-0.3, -0.25) is 0 Å². The zero-order valence-electron chi connectivity index (χ0n) is 8.18. The number of halogens is 1. The summed E-state index contributed by atoms with van der Waals surface area (Å²) in [4.78, 5) is 4.05. The van der Waals surface area contributed by atoms with E-state index in [4.69, 9.17) is 11.6 Å². The summed E-state index contributed by atoms with van der Waals surface area (Å²) in [6.45, 7) is 4.08. The van der Waals surface area contributed by atoms with Gasteiger partial charge in [0.1, 0.15) is 0 Å². The van der Waals surface area contributed by atoms with Crippen LogP contribution < -0.4 is 10.6 Å². The second-order valence-corrected chi connectivity index (χ2v) is 3.85. The van der Waals surface area contributed by atoms with E-state index < -0.39 is 0 Å². The number of nitrogens with one attached hydrogen (secondary N) is 2. The first-order chi connectivity index (χ1) is 6.81. The first kappa shape index (κ1) is 9.74. The maximum Gasteiger partial charge on any atom is 0.152 e. The van der Waals surface area contributed by atoms with Gasteiger partial charge in [-0.2, -0.15) is 0 Å². The predicted octanol–water partition coefficient (Wildman–Crippen LogP) is 1.68. The molecule has 1 aromatic heterocycles. The van der Waals surface area contributed by atoms with Gasteiger partial charge in [0.2, 0.25) is 0 Å². The molecular weight excluding hydrogens is 198 g/mol. The molecule has 2 N–H and O–H groups in total. The van der Waals surface area contributed by atoms with E-state index in [1.807, 2.05) is 6.07 Å². The Kier molecular flexibility index (Phi) is 2.89. The molecule has 1 atom stereocenters. The van der Waals surface area contributed by atoms with Crippen LogP contribution in [0.15, 0.2) is 12.3 Å². The van der Waals surface area contributed by atoms with Gasteiger partial charge in [-0.15, -0.1) is 0 Å². The molecular formula is C10H14ClN3. The summed E-state index contributed by atoms with van der Waals surface area (Å²) in [5, 5.41) is 7.28. The summed E-state index contributed by atoms with van der Waals surface area (Å²) in [7, 11) is 0. The van der Waals surface area contributed by atoms with Crippen LogP contribution in [0.1, 0.15) is 12.5 Å². The Morgan fingerprint density at radius 2 is 2.57 bits per heavy atom. The Bertz CT molecular complexity index is 327. The number of aromatic nitrogens is 1. The average Bonchev–Trinajstić information content (AvgIpc) is 2.59. The molecule has 0 spiro atoms. The van der Waals surface area contributed by atoms with Gasteiger partial charge < -0.3 is 10.6 Å². The highest BCUT2D eigenvalue weighted by molar-refractivity contribution is 6.32. The molecule has 1 unspecified atom stereocenters. The molecule has 14 heavy (non-hydrogen) atoms. The van der Waals surface area contributed by atoms with E-state index in [-0.39, 0.29) is 0 Å². The van der Waals surface area contributed by atoms with Gasteiger partial charge in [0, 0.05) is 18.8 Å². The van der Waals surface area contributed by atoms with Crippen molar-refractivity contribution < 1.29 is 0 Å². The van der Waals surface area contributed by atoms with Gasteiger partial charge in [-0.25, -0.2) is 4.98 Å². The molecule has 2 heterocycles. The monoisotopic (exact) mass is 211 g/mol. The average molecular weight is 212 g/mol. The molecule has 76 valence electrons. The van der Waals surface area contributed by atoms with Gasteiger partial charge >= 0.3 is 0 Å². The van der Waals surface area contributed by atoms with E-state index in [1.54, 1.807) is 6.20 Å². The molecule has 0 saturated carbocycles. The summed E-state index contributed by atoms with van der Waals surface area (Å²) < 4.78 is 0. The third-order valence-corrected chi connectivity index (χ3v) is 2.73. The fourth-order valence-electron chi connectivity index (χ4n) is 1.76. The summed E-state index contributed by atoms with van der Waals surface area (Å²) in [6.07, 6.45) is 2.79. The Labute approximate surface area is 88.9 Å². The highest BCUT2D eigenvalue weighted by Crippen LogP contribution is 2.30. The lowest BCUT2D eigenvalue weighted by atomic mass is 10.1. The van der Waals surface area contributed by atoms with Crippen molar-refractivity contribution >= 4 is 17.3 Å². The Hall–Kier alpha value is -0.800. The van der Waals surface area contributed by atoms with Crippen molar-refractivity contribution in [3.63, 3.8) is 0 Å². The van der Waals surface area contributed by atoms with E-state index in [9.17, 15) is 0 Å². The summed E-state index contributed by atoms with van der Waals surface area (Å²) in [5.41, 5.74) is 2.28. The first-order valence-electron chi connectivity index (χ1n) is 4.92. The van der Waals surface area contributed by atoms with Crippen LogP contribution in [0.3, 0.4) is 0 Å². The van der Waals surface area contributed by atoms with Crippen LogP contribution >= 0.6 is 11.6 Å². The zero-order valence-corrected chi connectivity index (χ0v) is 8.93. The lowest BCUT2D eigenvalue weighted by molar-refractivity contribution is 0.633. The standard InChI is InChI=1S/C10H14ClN3/c1-2-12-6-8-5-7-3-4-13-10(11)9(7)14-8/h3-4,8,12,14H,2,5-6H2,1H3. The molecule has 2 rings (SSSR count). The van der Waals surface area contributed by atoms with E-state index >= 15 is 0 Å². The van der Waals surface area contributed by atoms with Crippen LogP contribution in [0, 0.1) is 0 Å². The first-order valence-corrected chi connectivity index (χ1v) is 5.29. The van der Waals surface area contributed by atoms with Crippen molar-refractivity contribution in [1.29, 1.82) is 0 Å². The molecule has 1 aromatic rings. The molecule has 0 fully saturated rings. The lowest BCUT2D eigenvalue weighted by Gasteiger charge is -2.11. The second kappa shape index (κ2) is 4.15. The normalized spacial score (nSPS) is 19.1. The maximum absolute atomic E-state index is 5.97. The molecule has 4 heteroatoms. The van der Waals surface area contributed by atoms with E-state index in [0.717, 1.165) is 25.2 Å². The molecule has 1 aliphatic heterocycles. The molecule has 0 aliphatic carbocycles. The van der Waals surface area contributed by atoms with E-state index in [0.29, 0.717) is 11.2 Å². The summed E-state index contributed by atoms with van der Waals surface area (Å²) in [5.74, 6) is 0. The van der Waals surface area contributed by atoms with Gasteiger partial charge in [-0.1, -0.05) is 18.5 Å². The largest absolute Gasteiger partial charge is 0.378 e. The van der Waals surface area contributed by atoms with Crippen molar-refractivity contribution in [1.82, 2.24) is 10.3 Å². The number of anilines is 1. The molecule has 1 aliphatic rings. The maximum atomic E-state index is 5.97. The number of fused-ring (bicyclic) bond motifs is 1.